The van der Waals surface area contributed by atoms with Crippen LogP contribution in [-0.4, -0.2) is 68.0 Å². The fraction of sp³-hybridized carbons (Fsp3) is 0.938. The van der Waals surface area contributed by atoms with E-state index in [-0.39, 0.29) is 5.92 Å². The third kappa shape index (κ3) is 6.18. The summed E-state index contributed by atoms with van der Waals surface area (Å²) in [7, 11) is -2.80. The molecule has 2 heterocycles. The Morgan fingerprint density at radius 1 is 1.43 bits per heavy atom. The van der Waals surface area contributed by atoms with Gasteiger partial charge in [-0.25, -0.2) is 8.42 Å². The number of sulfone groups is 1. The second-order valence-electron chi connectivity index (χ2n) is 7.06. The quantitative estimate of drug-likeness (QED) is 0.598. The van der Waals surface area contributed by atoms with Crippen LogP contribution in [-0.2, 0) is 9.84 Å². The van der Waals surface area contributed by atoms with Gasteiger partial charge in [0.15, 0.2) is 15.8 Å². The molecule has 0 aliphatic carbocycles. The maximum Gasteiger partial charge on any atom is 0.194 e. The van der Waals surface area contributed by atoms with Crippen LogP contribution in [0.3, 0.4) is 0 Å². The van der Waals surface area contributed by atoms with Gasteiger partial charge >= 0.3 is 0 Å². The SMILES string of the molecule is CCC1CN(C(=NCC(C)C)NCC2CCS(=O)(=O)C2)CCS1. The van der Waals surface area contributed by atoms with Crippen LogP contribution in [0.5, 0.6) is 0 Å². The molecular formula is C16H31N3O2S2. The first-order chi connectivity index (χ1) is 10.9. The molecule has 2 saturated heterocycles. The molecule has 0 radical (unpaired) electrons. The molecule has 2 atom stereocenters. The van der Waals surface area contributed by atoms with Gasteiger partial charge in [0.25, 0.3) is 0 Å². The number of thioether (sulfide) groups is 1. The topological polar surface area (TPSA) is 61.8 Å². The smallest absolute Gasteiger partial charge is 0.194 e. The summed E-state index contributed by atoms with van der Waals surface area (Å²) in [6.45, 7) is 10.2. The van der Waals surface area contributed by atoms with Crippen LogP contribution in [0, 0.1) is 11.8 Å². The Balaban J connectivity index is 1.95. The van der Waals surface area contributed by atoms with Crippen molar-refractivity contribution in [3.05, 3.63) is 0 Å². The standard InChI is InChI=1S/C16H31N3O2S2/c1-4-15-11-19(6-7-22-15)16(17-9-13(2)3)18-10-14-5-8-23(20,21)12-14/h13-15H,4-12H2,1-3H3,(H,17,18). The zero-order chi connectivity index (χ0) is 16.9. The van der Waals surface area contributed by atoms with Crippen molar-refractivity contribution in [2.45, 2.75) is 38.9 Å². The normalized spacial score (nSPS) is 28.3. The van der Waals surface area contributed by atoms with E-state index in [4.69, 9.17) is 4.99 Å². The molecule has 5 nitrogen and oxygen atoms in total. The van der Waals surface area contributed by atoms with E-state index in [0.717, 1.165) is 44.3 Å². The van der Waals surface area contributed by atoms with Crippen molar-refractivity contribution < 1.29 is 8.42 Å². The van der Waals surface area contributed by atoms with Crippen molar-refractivity contribution in [2.24, 2.45) is 16.8 Å². The summed E-state index contributed by atoms with van der Waals surface area (Å²) >= 11 is 2.05. The highest BCUT2D eigenvalue weighted by atomic mass is 32.2. The first-order valence-corrected chi connectivity index (χ1v) is 11.6. The van der Waals surface area contributed by atoms with E-state index in [2.05, 4.69) is 31.0 Å². The second-order valence-corrected chi connectivity index (χ2v) is 10.7. The van der Waals surface area contributed by atoms with Gasteiger partial charge in [0.2, 0.25) is 0 Å². The van der Waals surface area contributed by atoms with Gasteiger partial charge in [-0.15, -0.1) is 0 Å². The number of hydrogen-bond acceptors (Lipinski definition) is 4. The van der Waals surface area contributed by atoms with Crippen LogP contribution in [0.4, 0.5) is 0 Å². The van der Waals surface area contributed by atoms with Crippen LogP contribution in [0.15, 0.2) is 4.99 Å². The van der Waals surface area contributed by atoms with Gasteiger partial charge < -0.3 is 10.2 Å². The second kappa shape index (κ2) is 8.60. The monoisotopic (exact) mass is 361 g/mol. The predicted octanol–water partition coefficient (Wildman–Crippen LogP) is 1.85. The van der Waals surface area contributed by atoms with Crippen LogP contribution >= 0.6 is 11.8 Å². The van der Waals surface area contributed by atoms with Crippen LogP contribution in [0.25, 0.3) is 0 Å². The molecule has 0 bridgehead atoms. The van der Waals surface area contributed by atoms with E-state index >= 15 is 0 Å². The fourth-order valence-electron chi connectivity index (χ4n) is 2.96. The summed E-state index contributed by atoms with van der Waals surface area (Å²) in [5, 5.41) is 4.14. The Morgan fingerprint density at radius 2 is 2.22 bits per heavy atom. The highest BCUT2D eigenvalue weighted by molar-refractivity contribution is 8.00. The van der Waals surface area contributed by atoms with Gasteiger partial charge in [0.05, 0.1) is 11.5 Å². The summed E-state index contributed by atoms with van der Waals surface area (Å²) in [4.78, 5) is 7.14. The summed E-state index contributed by atoms with van der Waals surface area (Å²) in [5.74, 6) is 3.53. The van der Waals surface area contributed by atoms with Gasteiger partial charge in [-0.3, -0.25) is 4.99 Å². The molecule has 0 aromatic carbocycles. The van der Waals surface area contributed by atoms with E-state index in [1.54, 1.807) is 0 Å². The molecule has 0 aromatic rings. The number of nitrogens with one attached hydrogen (secondary N) is 1. The third-order valence-electron chi connectivity index (χ3n) is 4.38. The number of aliphatic imine (C=N–C) groups is 1. The first kappa shape index (κ1) is 18.9. The molecule has 2 rings (SSSR count). The molecule has 2 fully saturated rings. The molecule has 2 aliphatic heterocycles. The van der Waals surface area contributed by atoms with Crippen molar-refractivity contribution in [2.75, 3.05) is 43.4 Å². The third-order valence-corrected chi connectivity index (χ3v) is 7.58. The molecule has 0 spiro atoms. The Kier molecular flexibility index (Phi) is 7.07. The lowest BCUT2D eigenvalue weighted by molar-refractivity contribution is 0.400. The maximum absolute atomic E-state index is 11.6. The van der Waals surface area contributed by atoms with E-state index in [1.165, 1.54) is 6.42 Å². The van der Waals surface area contributed by atoms with Gasteiger partial charge in [0.1, 0.15) is 0 Å². The molecule has 134 valence electrons. The fourth-order valence-corrected chi connectivity index (χ4v) is 6.01. The minimum atomic E-state index is -2.80. The number of nitrogens with zero attached hydrogens (tertiary/aromatic N) is 2. The maximum atomic E-state index is 11.6. The number of guanidine groups is 1. The Labute approximate surface area is 145 Å². The van der Waals surface area contributed by atoms with Crippen LogP contribution < -0.4 is 5.32 Å². The van der Waals surface area contributed by atoms with Gasteiger partial charge in [-0.1, -0.05) is 20.8 Å². The molecule has 2 unspecified atom stereocenters. The molecule has 1 N–H and O–H groups in total. The highest BCUT2D eigenvalue weighted by Crippen LogP contribution is 2.22. The van der Waals surface area contributed by atoms with E-state index < -0.39 is 9.84 Å². The summed E-state index contributed by atoms with van der Waals surface area (Å²) < 4.78 is 23.2. The lowest BCUT2D eigenvalue weighted by Gasteiger charge is -2.35. The lowest BCUT2D eigenvalue weighted by atomic mass is 10.1. The minimum Gasteiger partial charge on any atom is -0.356 e. The van der Waals surface area contributed by atoms with Crippen LogP contribution in [0.2, 0.25) is 0 Å². The molecule has 7 heteroatoms. The average molecular weight is 362 g/mol. The zero-order valence-electron chi connectivity index (χ0n) is 14.6. The van der Waals surface area contributed by atoms with Crippen molar-refractivity contribution >= 4 is 27.6 Å². The minimum absolute atomic E-state index is 0.227. The van der Waals surface area contributed by atoms with E-state index in [0.29, 0.717) is 22.7 Å². The lowest BCUT2D eigenvalue weighted by Crippen LogP contribution is -2.49. The van der Waals surface area contributed by atoms with E-state index in [9.17, 15) is 8.42 Å². The Morgan fingerprint density at radius 3 is 2.83 bits per heavy atom. The summed E-state index contributed by atoms with van der Waals surface area (Å²) in [6, 6.07) is 0. The van der Waals surface area contributed by atoms with Crippen molar-refractivity contribution in [3.8, 4) is 0 Å². The van der Waals surface area contributed by atoms with Gasteiger partial charge in [0, 0.05) is 37.2 Å². The Bertz CT molecular complexity index is 505. The Hall–Kier alpha value is -0.430. The number of rotatable bonds is 5. The zero-order valence-corrected chi connectivity index (χ0v) is 16.3. The molecule has 0 saturated carbocycles. The van der Waals surface area contributed by atoms with Crippen molar-refractivity contribution in [1.29, 1.82) is 0 Å². The number of hydrogen-bond donors (Lipinski definition) is 1. The molecule has 0 aromatic heterocycles. The first-order valence-electron chi connectivity index (χ1n) is 8.75. The summed E-state index contributed by atoms with van der Waals surface area (Å²) in [6.07, 6.45) is 1.96. The largest absolute Gasteiger partial charge is 0.356 e. The van der Waals surface area contributed by atoms with Crippen molar-refractivity contribution in [3.63, 3.8) is 0 Å². The van der Waals surface area contributed by atoms with Gasteiger partial charge in [-0.05, 0) is 24.7 Å². The molecule has 23 heavy (non-hydrogen) atoms. The highest BCUT2D eigenvalue weighted by Gasteiger charge is 2.28. The summed E-state index contributed by atoms with van der Waals surface area (Å²) in [5.41, 5.74) is 0. The predicted molar refractivity (Wildman–Crippen MR) is 100 cm³/mol. The van der Waals surface area contributed by atoms with E-state index in [1.807, 2.05) is 11.8 Å². The average Bonchev–Trinajstić information content (AvgIpc) is 2.86. The molecular weight excluding hydrogens is 330 g/mol. The van der Waals surface area contributed by atoms with Crippen LogP contribution in [0.1, 0.15) is 33.6 Å². The van der Waals surface area contributed by atoms with Crippen molar-refractivity contribution in [1.82, 2.24) is 10.2 Å². The molecule has 2 aliphatic rings. The molecule has 0 amide bonds. The van der Waals surface area contributed by atoms with Gasteiger partial charge in [-0.2, -0.15) is 11.8 Å².